The van der Waals surface area contributed by atoms with Gasteiger partial charge >= 0.3 is 0 Å². The van der Waals surface area contributed by atoms with Crippen LogP contribution < -0.4 is 5.32 Å². The molecular weight excluding hydrogens is 222 g/mol. The van der Waals surface area contributed by atoms with Crippen molar-refractivity contribution < 1.29 is 5.11 Å². The second-order valence-corrected chi connectivity index (χ2v) is 7.11. The summed E-state index contributed by atoms with van der Waals surface area (Å²) in [5.74, 6) is 1.55. The van der Waals surface area contributed by atoms with E-state index in [2.05, 4.69) is 33.0 Å². The molecule has 1 rings (SSSR count). The molecule has 1 aliphatic carbocycles. The Morgan fingerprint density at radius 2 is 1.78 bits per heavy atom. The summed E-state index contributed by atoms with van der Waals surface area (Å²) in [5.41, 5.74) is 0.480. The summed E-state index contributed by atoms with van der Waals surface area (Å²) in [4.78, 5) is 0. The molecule has 0 amide bonds. The number of hydrogen-bond donors (Lipinski definition) is 2. The average Bonchev–Trinajstić information content (AvgIpc) is 2.34. The fraction of sp³-hybridized carbons (Fsp3) is 1.00. The molecule has 108 valence electrons. The van der Waals surface area contributed by atoms with Gasteiger partial charge in [-0.05, 0) is 55.9 Å². The Labute approximate surface area is 114 Å². The Morgan fingerprint density at radius 3 is 2.22 bits per heavy atom. The van der Waals surface area contributed by atoms with Crippen molar-refractivity contribution in [1.29, 1.82) is 0 Å². The topological polar surface area (TPSA) is 32.3 Å². The zero-order valence-corrected chi connectivity index (χ0v) is 12.8. The molecule has 1 aliphatic rings. The summed E-state index contributed by atoms with van der Waals surface area (Å²) in [5, 5.41) is 12.7. The summed E-state index contributed by atoms with van der Waals surface area (Å²) in [6.45, 7) is 10.8. The van der Waals surface area contributed by atoms with Crippen LogP contribution in [0.4, 0.5) is 0 Å². The lowest BCUT2D eigenvalue weighted by Crippen LogP contribution is -2.38. The molecule has 0 aromatic rings. The van der Waals surface area contributed by atoms with E-state index in [0.29, 0.717) is 17.9 Å². The van der Waals surface area contributed by atoms with Crippen LogP contribution in [-0.4, -0.2) is 24.3 Å². The van der Waals surface area contributed by atoms with Gasteiger partial charge in [0, 0.05) is 12.6 Å². The number of rotatable bonds is 6. The normalized spacial score (nSPS) is 27.2. The fourth-order valence-electron chi connectivity index (χ4n) is 3.13. The Morgan fingerprint density at radius 1 is 1.17 bits per heavy atom. The lowest BCUT2D eigenvalue weighted by Gasteiger charge is -2.37. The maximum atomic E-state index is 9.00. The monoisotopic (exact) mass is 255 g/mol. The maximum Gasteiger partial charge on any atom is 0.0434 e. The Hall–Kier alpha value is -0.0800. The lowest BCUT2D eigenvalue weighted by atomic mass is 9.71. The van der Waals surface area contributed by atoms with Gasteiger partial charge in [-0.15, -0.1) is 0 Å². The Bertz CT molecular complexity index is 214. The molecule has 0 aliphatic heterocycles. The summed E-state index contributed by atoms with van der Waals surface area (Å²) in [6.07, 6.45) is 7.52. The number of aliphatic hydroxyl groups excluding tert-OH is 1. The van der Waals surface area contributed by atoms with E-state index in [1.807, 2.05) is 0 Å². The summed E-state index contributed by atoms with van der Waals surface area (Å²) < 4.78 is 0. The molecule has 0 aromatic heterocycles. The highest BCUT2D eigenvalue weighted by atomic mass is 16.3. The van der Waals surface area contributed by atoms with Crippen molar-refractivity contribution in [2.24, 2.45) is 17.3 Å². The van der Waals surface area contributed by atoms with Gasteiger partial charge in [-0.1, -0.05) is 34.1 Å². The predicted octanol–water partition coefficient (Wildman–Crippen LogP) is 3.59. The van der Waals surface area contributed by atoms with E-state index in [1.165, 1.54) is 32.1 Å². The zero-order valence-electron chi connectivity index (χ0n) is 12.8. The first-order valence-electron chi connectivity index (χ1n) is 7.81. The van der Waals surface area contributed by atoms with Crippen LogP contribution in [0, 0.1) is 17.3 Å². The minimum Gasteiger partial charge on any atom is -0.396 e. The molecule has 2 N–H and O–H groups in total. The van der Waals surface area contributed by atoms with Gasteiger partial charge in [0.15, 0.2) is 0 Å². The highest BCUT2D eigenvalue weighted by Crippen LogP contribution is 2.37. The first kappa shape index (κ1) is 16.0. The molecule has 0 saturated heterocycles. The molecule has 1 fully saturated rings. The fourth-order valence-corrected chi connectivity index (χ4v) is 3.13. The van der Waals surface area contributed by atoms with Gasteiger partial charge in [-0.3, -0.25) is 0 Å². The van der Waals surface area contributed by atoms with Crippen molar-refractivity contribution in [1.82, 2.24) is 5.32 Å². The summed E-state index contributed by atoms with van der Waals surface area (Å²) in [7, 11) is 0. The van der Waals surface area contributed by atoms with E-state index >= 15 is 0 Å². The Balaban J connectivity index is 2.23. The van der Waals surface area contributed by atoms with E-state index in [1.54, 1.807) is 0 Å². The van der Waals surface area contributed by atoms with Crippen molar-refractivity contribution in [2.45, 2.75) is 72.3 Å². The highest BCUT2D eigenvalue weighted by Gasteiger charge is 2.29. The van der Waals surface area contributed by atoms with E-state index in [0.717, 1.165) is 24.9 Å². The molecule has 0 radical (unpaired) electrons. The Kier molecular flexibility index (Phi) is 6.65. The second-order valence-electron chi connectivity index (χ2n) is 7.11. The molecule has 0 heterocycles. The van der Waals surface area contributed by atoms with Gasteiger partial charge in [-0.25, -0.2) is 0 Å². The van der Waals surface area contributed by atoms with Crippen LogP contribution in [0.3, 0.4) is 0 Å². The minimum absolute atomic E-state index is 0.330. The lowest BCUT2D eigenvalue weighted by molar-refractivity contribution is 0.157. The third-order valence-corrected chi connectivity index (χ3v) is 4.76. The van der Waals surface area contributed by atoms with Gasteiger partial charge in [0.1, 0.15) is 0 Å². The first-order chi connectivity index (χ1) is 8.47. The van der Waals surface area contributed by atoms with Crippen LogP contribution in [0.2, 0.25) is 0 Å². The van der Waals surface area contributed by atoms with Crippen molar-refractivity contribution in [2.75, 3.05) is 13.2 Å². The quantitative estimate of drug-likeness (QED) is 0.760. The highest BCUT2D eigenvalue weighted by molar-refractivity contribution is 4.83. The number of nitrogens with one attached hydrogen (secondary N) is 1. The van der Waals surface area contributed by atoms with E-state index in [4.69, 9.17) is 5.11 Å². The maximum absolute atomic E-state index is 9.00. The first-order valence-corrected chi connectivity index (χ1v) is 7.81. The third-order valence-electron chi connectivity index (χ3n) is 4.76. The zero-order chi connectivity index (χ0) is 13.6. The molecule has 18 heavy (non-hydrogen) atoms. The number of hydrogen-bond acceptors (Lipinski definition) is 2. The van der Waals surface area contributed by atoms with Crippen LogP contribution >= 0.6 is 0 Å². The van der Waals surface area contributed by atoms with Crippen molar-refractivity contribution in [3.8, 4) is 0 Å². The van der Waals surface area contributed by atoms with Gasteiger partial charge in [0.2, 0.25) is 0 Å². The van der Waals surface area contributed by atoms with E-state index in [9.17, 15) is 0 Å². The van der Waals surface area contributed by atoms with Gasteiger partial charge in [0.25, 0.3) is 0 Å². The smallest absolute Gasteiger partial charge is 0.0434 e. The minimum atomic E-state index is 0.330. The molecule has 1 saturated carbocycles. The van der Waals surface area contributed by atoms with E-state index < -0.39 is 0 Å². The molecule has 0 bridgehead atoms. The predicted molar refractivity (Wildman–Crippen MR) is 78.7 cm³/mol. The van der Waals surface area contributed by atoms with Crippen LogP contribution in [0.15, 0.2) is 0 Å². The van der Waals surface area contributed by atoms with Crippen LogP contribution in [0.5, 0.6) is 0 Å². The van der Waals surface area contributed by atoms with Crippen LogP contribution in [0.1, 0.15) is 66.2 Å². The molecule has 2 nitrogen and oxygen atoms in total. The molecule has 0 spiro atoms. The standard InChI is InChI=1S/C16H33NO/c1-5-13(10-11-18)12-17-15-8-6-14(7-9-15)16(2,3)4/h13-15,17-18H,5-12H2,1-4H3. The van der Waals surface area contributed by atoms with Gasteiger partial charge in [-0.2, -0.15) is 0 Å². The molecule has 0 aromatic carbocycles. The molecular formula is C16H33NO. The van der Waals surface area contributed by atoms with Gasteiger partial charge in [0.05, 0.1) is 0 Å². The summed E-state index contributed by atoms with van der Waals surface area (Å²) in [6, 6.07) is 0.719. The van der Waals surface area contributed by atoms with Crippen LogP contribution in [-0.2, 0) is 0 Å². The second kappa shape index (κ2) is 7.49. The molecule has 2 heteroatoms. The van der Waals surface area contributed by atoms with Crippen molar-refractivity contribution in [3.05, 3.63) is 0 Å². The number of aliphatic hydroxyl groups is 1. The SMILES string of the molecule is CCC(CCO)CNC1CCC(C(C)(C)C)CC1. The van der Waals surface area contributed by atoms with Crippen LogP contribution in [0.25, 0.3) is 0 Å². The van der Waals surface area contributed by atoms with Crippen molar-refractivity contribution >= 4 is 0 Å². The van der Waals surface area contributed by atoms with Crippen molar-refractivity contribution in [3.63, 3.8) is 0 Å². The van der Waals surface area contributed by atoms with Gasteiger partial charge < -0.3 is 10.4 Å². The average molecular weight is 255 g/mol. The van der Waals surface area contributed by atoms with E-state index in [-0.39, 0.29) is 0 Å². The third kappa shape index (κ3) is 5.27. The summed E-state index contributed by atoms with van der Waals surface area (Å²) >= 11 is 0. The molecule has 1 atom stereocenters. The molecule has 1 unspecified atom stereocenters. The largest absolute Gasteiger partial charge is 0.396 e.